The number of hydrogen-bond donors (Lipinski definition) is 2. The van der Waals surface area contributed by atoms with Gasteiger partial charge in [0.2, 0.25) is 5.91 Å². The van der Waals surface area contributed by atoms with Crippen molar-refractivity contribution in [3.63, 3.8) is 0 Å². The van der Waals surface area contributed by atoms with Gasteiger partial charge in [-0.15, -0.1) is 4.91 Å². The van der Waals surface area contributed by atoms with E-state index in [1.807, 2.05) is 6.92 Å². The number of Topliss-reactive ketones (excluding diaryl/α,β-unsaturated/α-hetero) is 1. The van der Waals surface area contributed by atoms with Gasteiger partial charge in [0.1, 0.15) is 18.5 Å². The summed E-state index contributed by atoms with van der Waals surface area (Å²) in [6, 6.07) is 4.62. The number of nitroso groups, excluding NO2 is 1. The summed E-state index contributed by atoms with van der Waals surface area (Å²) in [6.07, 6.45) is 0.184. The number of hydrogen-bond acceptors (Lipinski definition) is 6. The lowest BCUT2D eigenvalue weighted by Gasteiger charge is -2.22. The fourth-order valence-corrected chi connectivity index (χ4v) is 2.25. The Morgan fingerprint density at radius 1 is 1.35 bits per heavy atom. The fourth-order valence-electron chi connectivity index (χ4n) is 2.25. The first-order valence-corrected chi connectivity index (χ1v) is 8.64. The van der Waals surface area contributed by atoms with Crippen LogP contribution in [0.3, 0.4) is 0 Å². The quantitative estimate of drug-likeness (QED) is 0.355. The number of aliphatic hydroxyl groups excluding tert-OH is 1. The average Bonchev–Trinajstić information content (AvgIpc) is 2.58. The van der Waals surface area contributed by atoms with Crippen molar-refractivity contribution >= 4 is 17.4 Å². The summed E-state index contributed by atoms with van der Waals surface area (Å²) in [4.78, 5) is 34.3. The van der Waals surface area contributed by atoms with Gasteiger partial charge in [-0.25, -0.2) is 0 Å². The van der Waals surface area contributed by atoms with Crippen LogP contribution in [0.2, 0.25) is 0 Å². The van der Waals surface area contributed by atoms with Crippen LogP contribution < -0.4 is 10.1 Å². The smallest absolute Gasteiger partial charge is 0.224 e. The summed E-state index contributed by atoms with van der Waals surface area (Å²) >= 11 is 0. The zero-order chi connectivity index (χ0) is 19.7. The Hall–Kier alpha value is -2.48. The number of amides is 1. The molecule has 1 aromatic carbocycles. The number of anilines is 1. The largest absolute Gasteiger partial charge is 0.490 e. The number of ether oxygens (including phenoxy) is 1. The van der Waals surface area contributed by atoms with Gasteiger partial charge in [0, 0.05) is 18.2 Å². The van der Waals surface area contributed by atoms with Gasteiger partial charge in [0.15, 0.2) is 5.78 Å². The van der Waals surface area contributed by atoms with Crippen molar-refractivity contribution < 1.29 is 19.4 Å². The zero-order valence-corrected chi connectivity index (χ0v) is 15.7. The summed E-state index contributed by atoms with van der Waals surface area (Å²) in [5.74, 6) is -0.0409. The maximum absolute atomic E-state index is 11.9. The first-order valence-electron chi connectivity index (χ1n) is 8.64. The topological polar surface area (TPSA) is 108 Å². The van der Waals surface area contributed by atoms with Gasteiger partial charge in [-0.1, -0.05) is 6.92 Å². The molecule has 0 bridgehead atoms. The van der Waals surface area contributed by atoms with Crippen molar-refractivity contribution in [2.45, 2.75) is 52.7 Å². The predicted molar refractivity (Wildman–Crippen MR) is 99.1 cm³/mol. The highest BCUT2D eigenvalue weighted by molar-refractivity contribution is 5.99. The van der Waals surface area contributed by atoms with Crippen molar-refractivity contribution in [1.29, 1.82) is 0 Å². The molecule has 26 heavy (non-hydrogen) atoms. The highest BCUT2D eigenvalue weighted by Crippen LogP contribution is 2.24. The molecule has 0 saturated carbocycles. The first kappa shape index (κ1) is 21.6. The maximum Gasteiger partial charge on any atom is 0.224 e. The van der Waals surface area contributed by atoms with Crippen molar-refractivity contribution in [1.82, 2.24) is 5.01 Å². The zero-order valence-electron chi connectivity index (χ0n) is 15.7. The maximum atomic E-state index is 11.9. The van der Waals surface area contributed by atoms with Crippen LogP contribution in [0.4, 0.5) is 5.69 Å². The van der Waals surface area contributed by atoms with Gasteiger partial charge < -0.3 is 15.2 Å². The standard InChI is InChI=1S/C18H27N3O5/c1-5-6-18(24)19-14-7-8-17(16(9-14)13(4)22)26-11-15(23)10-21(20-25)12(2)3/h7-9,12,15,23H,5-6,10-11H2,1-4H3,(H,19,24). The van der Waals surface area contributed by atoms with Crippen molar-refractivity contribution in [2.24, 2.45) is 5.29 Å². The van der Waals surface area contributed by atoms with Gasteiger partial charge in [-0.05, 0) is 45.4 Å². The lowest BCUT2D eigenvalue weighted by molar-refractivity contribution is -0.116. The number of aliphatic hydroxyl groups is 1. The van der Waals surface area contributed by atoms with E-state index >= 15 is 0 Å². The molecule has 0 spiro atoms. The Labute approximate surface area is 153 Å². The second kappa shape index (κ2) is 10.5. The molecule has 1 atom stereocenters. The first-order chi connectivity index (χ1) is 12.3. The molecule has 0 fully saturated rings. The molecular formula is C18H27N3O5. The molecule has 8 heteroatoms. The number of benzene rings is 1. The molecule has 1 unspecified atom stereocenters. The second-order valence-electron chi connectivity index (χ2n) is 6.33. The van der Waals surface area contributed by atoms with E-state index in [1.165, 1.54) is 11.9 Å². The van der Waals surface area contributed by atoms with Gasteiger partial charge in [-0.2, -0.15) is 0 Å². The van der Waals surface area contributed by atoms with Crippen LogP contribution >= 0.6 is 0 Å². The van der Waals surface area contributed by atoms with E-state index in [0.29, 0.717) is 23.4 Å². The van der Waals surface area contributed by atoms with Crippen LogP contribution in [0.15, 0.2) is 23.5 Å². The summed E-state index contributed by atoms with van der Waals surface area (Å²) in [5.41, 5.74) is 0.818. The molecule has 0 aromatic heterocycles. The number of ketones is 1. The van der Waals surface area contributed by atoms with E-state index in [9.17, 15) is 19.6 Å². The Morgan fingerprint density at radius 2 is 2.04 bits per heavy atom. The molecule has 0 aliphatic rings. The number of rotatable bonds is 11. The van der Waals surface area contributed by atoms with Gasteiger partial charge in [0.25, 0.3) is 0 Å². The van der Waals surface area contributed by atoms with E-state index in [0.717, 1.165) is 6.42 Å². The van der Waals surface area contributed by atoms with Crippen molar-refractivity contribution in [3.8, 4) is 5.75 Å². The molecule has 0 heterocycles. The third-order valence-corrected chi connectivity index (χ3v) is 3.65. The van der Waals surface area contributed by atoms with Crippen LogP contribution in [0.25, 0.3) is 0 Å². The molecule has 1 amide bonds. The Kier molecular flexibility index (Phi) is 8.71. The van der Waals surface area contributed by atoms with Crippen molar-refractivity contribution in [3.05, 3.63) is 28.7 Å². The van der Waals surface area contributed by atoms with E-state index in [4.69, 9.17) is 4.74 Å². The predicted octanol–water partition coefficient (Wildman–Crippen LogP) is 2.76. The van der Waals surface area contributed by atoms with Crippen LogP contribution in [0, 0.1) is 4.91 Å². The van der Waals surface area contributed by atoms with E-state index < -0.39 is 6.10 Å². The van der Waals surface area contributed by atoms with Gasteiger partial charge in [-0.3, -0.25) is 14.6 Å². The van der Waals surface area contributed by atoms with E-state index in [-0.39, 0.29) is 30.9 Å². The minimum atomic E-state index is -0.946. The van der Waals surface area contributed by atoms with Crippen LogP contribution in [0.1, 0.15) is 50.9 Å². The van der Waals surface area contributed by atoms with E-state index in [2.05, 4.69) is 10.6 Å². The normalized spacial score (nSPS) is 11.8. The molecule has 1 rings (SSSR count). The summed E-state index contributed by atoms with van der Waals surface area (Å²) in [7, 11) is 0. The molecule has 0 saturated heterocycles. The number of nitrogens with one attached hydrogen (secondary N) is 1. The molecule has 1 aromatic rings. The number of nitrogens with zero attached hydrogens (tertiary/aromatic N) is 2. The molecule has 144 valence electrons. The SMILES string of the molecule is CCCC(=O)Nc1ccc(OCC(O)CN(N=O)C(C)C)c(C(C)=O)c1. The minimum Gasteiger partial charge on any atom is -0.490 e. The van der Waals surface area contributed by atoms with Crippen LogP contribution in [-0.4, -0.2) is 47.1 Å². The molecule has 8 nitrogen and oxygen atoms in total. The Morgan fingerprint density at radius 3 is 2.58 bits per heavy atom. The van der Waals surface area contributed by atoms with Gasteiger partial charge in [0.05, 0.1) is 17.4 Å². The Balaban J connectivity index is 2.78. The third-order valence-electron chi connectivity index (χ3n) is 3.65. The van der Waals surface area contributed by atoms with Crippen LogP contribution in [0.5, 0.6) is 5.75 Å². The summed E-state index contributed by atoms with van der Waals surface area (Å²) < 4.78 is 5.54. The third kappa shape index (κ3) is 6.79. The average molecular weight is 365 g/mol. The second-order valence-corrected chi connectivity index (χ2v) is 6.33. The molecule has 0 radical (unpaired) electrons. The molecule has 0 aliphatic carbocycles. The van der Waals surface area contributed by atoms with Crippen LogP contribution in [-0.2, 0) is 4.79 Å². The molecular weight excluding hydrogens is 338 g/mol. The summed E-state index contributed by atoms with van der Waals surface area (Å²) in [6.45, 7) is 6.81. The highest BCUT2D eigenvalue weighted by atomic mass is 16.5. The molecule has 0 aliphatic heterocycles. The lowest BCUT2D eigenvalue weighted by atomic mass is 10.1. The van der Waals surface area contributed by atoms with Crippen molar-refractivity contribution in [2.75, 3.05) is 18.5 Å². The summed E-state index contributed by atoms with van der Waals surface area (Å²) in [5, 5.41) is 16.8. The highest BCUT2D eigenvalue weighted by Gasteiger charge is 2.17. The minimum absolute atomic E-state index is 0.0295. The monoisotopic (exact) mass is 365 g/mol. The number of carbonyl (C=O) groups excluding carboxylic acids is 2. The Bertz CT molecular complexity index is 633. The van der Waals surface area contributed by atoms with Gasteiger partial charge >= 0.3 is 0 Å². The molecule has 2 N–H and O–H groups in total. The number of carbonyl (C=O) groups is 2. The fraction of sp³-hybridized carbons (Fsp3) is 0.556. The lowest BCUT2D eigenvalue weighted by Crippen LogP contribution is -2.36. The van der Waals surface area contributed by atoms with E-state index in [1.54, 1.807) is 32.0 Å².